The molecular weight excluding hydrogens is 418 g/mol. The number of rotatable bonds is 9. The van der Waals surface area contributed by atoms with Gasteiger partial charge >= 0.3 is 5.97 Å². The maximum Gasteiger partial charge on any atom is 0.333 e. The van der Waals surface area contributed by atoms with E-state index in [-0.39, 0.29) is 41.8 Å². The molecule has 33 heavy (non-hydrogen) atoms. The van der Waals surface area contributed by atoms with Gasteiger partial charge in [-0.1, -0.05) is 47.1 Å². The number of hydrogen-bond donors (Lipinski definition) is 1. The van der Waals surface area contributed by atoms with Crippen LogP contribution in [0.25, 0.3) is 0 Å². The van der Waals surface area contributed by atoms with Crippen molar-refractivity contribution < 1.29 is 19.1 Å². The summed E-state index contributed by atoms with van der Waals surface area (Å²) < 4.78 is 5.10. The smallest absolute Gasteiger partial charge is 0.333 e. The number of esters is 1. The van der Waals surface area contributed by atoms with Gasteiger partial charge in [0.05, 0.1) is 18.7 Å². The first-order chi connectivity index (χ1) is 15.2. The van der Waals surface area contributed by atoms with Gasteiger partial charge < -0.3 is 15.0 Å². The van der Waals surface area contributed by atoms with Gasteiger partial charge in [-0.2, -0.15) is 0 Å². The summed E-state index contributed by atoms with van der Waals surface area (Å²) in [6, 6.07) is -0.920. The zero-order valence-corrected chi connectivity index (χ0v) is 22.5. The fraction of sp³-hybridized carbons (Fsp3) is 0.808. The van der Waals surface area contributed by atoms with Gasteiger partial charge in [0.2, 0.25) is 11.8 Å². The van der Waals surface area contributed by atoms with Gasteiger partial charge in [0, 0.05) is 18.7 Å². The van der Waals surface area contributed by atoms with Gasteiger partial charge in [0.1, 0.15) is 6.04 Å². The molecule has 7 nitrogen and oxygen atoms in total. The molecule has 1 fully saturated rings. The van der Waals surface area contributed by atoms with Crippen molar-refractivity contribution in [2.75, 3.05) is 20.2 Å². The molecule has 1 heterocycles. The molecule has 1 aliphatic rings. The van der Waals surface area contributed by atoms with E-state index in [4.69, 9.17) is 4.74 Å². The molecule has 0 bridgehead atoms. The Morgan fingerprint density at radius 1 is 1.15 bits per heavy atom. The van der Waals surface area contributed by atoms with Crippen LogP contribution in [0.2, 0.25) is 0 Å². The molecule has 0 radical (unpaired) electrons. The number of carbonyl (C=O) groups excluding carboxylic acids is 3. The molecule has 1 unspecified atom stereocenters. The molecule has 190 valence electrons. The molecule has 0 aromatic carbocycles. The van der Waals surface area contributed by atoms with E-state index in [0.717, 1.165) is 25.8 Å². The van der Waals surface area contributed by atoms with Crippen LogP contribution in [0.3, 0.4) is 0 Å². The Labute approximate surface area is 201 Å². The van der Waals surface area contributed by atoms with Crippen LogP contribution in [0.1, 0.15) is 81.6 Å². The highest BCUT2D eigenvalue weighted by molar-refractivity contribution is 5.91. The summed E-state index contributed by atoms with van der Waals surface area (Å²) in [4.78, 5) is 43.1. The summed E-state index contributed by atoms with van der Waals surface area (Å²) in [6.07, 6.45) is 4.71. The van der Waals surface area contributed by atoms with Crippen LogP contribution in [0.15, 0.2) is 11.6 Å². The lowest BCUT2D eigenvalue weighted by Crippen LogP contribution is -2.60. The summed E-state index contributed by atoms with van der Waals surface area (Å²) in [6.45, 7) is 18.8. The number of piperidine rings is 1. The average Bonchev–Trinajstić information content (AvgIpc) is 2.73. The van der Waals surface area contributed by atoms with E-state index in [1.807, 2.05) is 34.6 Å². The quantitative estimate of drug-likeness (QED) is 0.414. The molecule has 2 amide bonds. The van der Waals surface area contributed by atoms with E-state index >= 15 is 0 Å². The highest BCUT2D eigenvalue weighted by Gasteiger charge is 2.39. The number of nitrogens with zero attached hydrogens (tertiary/aromatic N) is 2. The molecule has 1 aliphatic heterocycles. The Bertz CT molecular complexity index is 709. The molecular formula is C26H47N3O4. The monoisotopic (exact) mass is 465 g/mol. The van der Waals surface area contributed by atoms with Gasteiger partial charge in [-0.25, -0.2) is 4.79 Å². The highest BCUT2D eigenvalue weighted by Crippen LogP contribution is 2.26. The fourth-order valence-electron chi connectivity index (χ4n) is 4.41. The maximum atomic E-state index is 13.7. The Balaban J connectivity index is 3.15. The number of amides is 2. The lowest BCUT2D eigenvalue weighted by atomic mass is 9.84. The SMILES string of the molecule is CCOC(=O)C(C)=C[C@H](C(C)C)N(C)C(=O)[C@H](NC(=O)C1CCCCN1C(C)C)C(C)(C)C. The van der Waals surface area contributed by atoms with Crippen LogP contribution in [0.4, 0.5) is 0 Å². The van der Waals surface area contributed by atoms with Crippen LogP contribution in [0.5, 0.6) is 0 Å². The van der Waals surface area contributed by atoms with Gasteiger partial charge in [-0.15, -0.1) is 0 Å². The molecule has 1 saturated heterocycles. The summed E-state index contributed by atoms with van der Waals surface area (Å²) in [5.74, 6) is -0.538. The number of ether oxygens (including phenoxy) is 1. The second-order valence-electron chi connectivity index (χ2n) is 10.9. The highest BCUT2D eigenvalue weighted by atomic mass is 16.5. The molecule has 1 rings (SSSR count). The van der Waals surface area contributed by atoms with E-state index in [9.17, 15) is 14.4 Å². The number of likely N-dealkylation sites (tertiary alicyclic amines) is 1. The van der Waals surface area contributed by atoms with E-state index in [1.165, 1.54) is 0 Å². The molecule has 3 atom stereocenters. The second kappa shape index (κ2) is 12.5. The Morgan fingerprint density at radius 3 is 2.24 bits per heavy atom. The van der Waals surface area contributed by atoms with Crippen LogP contribution < -0.4 is 5.32 Å². The lowest BCUT2D eigenvalue weighted by Gasteiger charge is -2.41. The van der Waals surface area contributed by atoms with Crippen molar-refractivity contribution in [1.82, 2.24) is 15.1 Å². The molecule has 0 aromatic heterocycles. The summed E-state index contributed by atoms with van der Waals surface area (Å²) >= 11 is 0. The molecule has 1 N–H and O–H groups in total. The molecule has 0 aromatic rings. The predicted octanol–water partition coefficient (Wildman–Crippen LogP) is 3.77. The first kappa shape index (κ1) is 29.1. The minimum absolute atomic E-state index is 0.0782. The van der Waals surface area contributed by atoms with Gasteiger partial charge in [0.25, 0.3) is 0 Å². The van der Waals surface area contributed by atoms with E-state index in [2.05, 4.69) is 24.1 Å². The van der Waals surface area contributed by atoms with Gasteiger partial charge in [-0.05, 0) is 58.4 Å². The maximum absolute atomic E-state index is 13.7. The van der Waals surface area contributed by atoms with E-state index in [0.29, 0.717) is 12.2 Å². The first-order valence-electron chi connectivity index (χ1n) is 12.4. The van der Waals surface area contributed by atoms with Crippen LogP contribution in [0, 0.1) is 11.3 Å². The topological polar surface area (TPSA) is 79.0 Å². The summed E-state index contributed by atoms with van der Waals surface area (Å²) in [5.41, 5.74) is 0.000989. The summed E-state index contributed by atoms with van der Waals surface area (Å²) in [5, 5.41) is 3.10. The largest absolute Gasteiger partial charge is 0.463 e. The molecule has 7 heteroatoms. The normalized spacial score (nSPS) is 19.9. The van der Waals surface area contributed by atoms with Crippen molar-refractivity contribution in [2.24, 2.45) is 11.3 Å². The average molecular weight is 466 g/mol. The minimum Gasteiger partial charge on any atom is -0.463 e. The van der Waals surface area contributed by atoms with Crippen LogP contribution in [-0.2, 0) is 19.1 Å². The second-order valence-corrected chi connectivity index (χ2v) is 10.9. The summed E-state index contributed by atoms with van der Waals surface area (Å²) in [7, 11) is 1.74. The van der Waals surface area contributed by atoms with Crippen molar-refractivity contribution in [3.8, 4) is 0 Å². The number of carbonyl (C=O) groups is 3. The number of nitrogens with one attached hydrogen (secondary N) is 1. The minimum atomic E-state index is -0.677. The van der Waals surface area contributed by atoms with Gasteiger partial charge in [-0.3, -0.25) is 14.5 Å². The van der Waals surface area contributed by atoms with Crippen molar-refractivity contribution in [1.29, 1.82) is 0 Å². The van der Waals surface area contributed by atoms with Crippen molar-refractivity contribution in [3.63, 3.8) is 0 Å². The standard InChI is InChI=1S/C26H47N3O4/c1-11-33-25(32)19(6)16-21(17(2)3)28(10)24(31)22(26(7,8)9)27-23(30)20-14-12-13-15-29(20)18(4)5/h16-18,20-22H,11-15H2,1-10H3,(H,27,30)/t20?,21-,22+/m1/s1. The van der Waals surface area contributed by atoms with Crippen LogP contribution in [-0.4, -0.2) is 72.0 Å². The van der Waals surface area contributed by atoms with Crippen LogP contribution >= 0.6 is 0 Å². The van der Waals surface area contributed by atoms with Crippen molar-refractivity contribution in [2.45, 2.75) is 106 Å². The van der Waals surface area contributed by atoms with Crippen molar-refractivity contribution >= 4 is 17.8 Å². The lowest BCUT2D eigenvalue weighted by molar-refractivity contribution is -0.142. The number of likely N-dealkylation sites (N-methyl/N-ethyl adjacent to an activating group) is 1. The molecule has 0 saturated carbocycles. The first-order valence-corrected chi connectivity index (χ1v) is 12.4. The number of hydrogen-bond acceptors (Lipinski definition) is 5. The predicted molar refractivity (Wildman–Crippen MR) is 133 cm³/mol. The third-order valence-electron chi connectivity index (χ3n) is 6.41. The Hall–Kier alpha value is -1.89. The third-order valence-corrected chi connectivity index (χ3v) is 6.41. The Morgan fingerprint density at radius 2 is 1.76 bits per heavy atom. The molecule has 0 spiro atoms. The molecule has 0 aliphatic carbocycles. The van der Waals surface area contributed by atoms with Crippen molar-refractivity contribution in [3.05, 3.63) is 11.6 Å². The zero-order chi connectivity index (χ0) is 25.5. The third kappa shape index (κ3) is 8.13. The zero-order valence-electron chi connectivity index (χ0n) is 22.5. The van der Waals surface area contributed by atoms with Gasteiger partial charge in [0.15, 0.2) is 0 Å². The van der Waals surface area contributed by atoms with E-state index < -0.39 is 11.5 Å². The van der Waals surface area contributed by atoms with E-state index in [1.54, 1.807) is 31.9 Å². The Kier molecular flexibility index (Phi) is 11.1. The fourth-order valence-corrected chi connectivity index (χ4v) is 4.41.